The molecule has 2 N–H and O–H groups in total. The highest BCUT2D eigenvalue weighted by atomic mass is 19.4. The summed E-state index contributed by atoms with van der Waals surface area (Å²) >= 11 is 0. The molecule has 0 saturated carbocycles. The van der Waals surface area contributed by atoms with Gasteiger partial charge in [-0.2, -0.15) is 13.2 Å². The van der Waals surface area contributed by atoms with Crippen LogP contribution in [0.1, 0.15) is 5.56 Å². The van der Waals surface area contributed by atoms with Gasteiger partial charge in [0, 0.05) is 18.8 Å². The topological polar surface area (TPSA) is 61.4 Å². The summed E-state index contributed by atoms with van der Waals surface area (Å²) in [5, 5.41) is 4.65. The fourth-order valence-electron chi connectivity index (χ4n) is 1.84. The van der Waals surface area contributed by atoms with Crippen LogP contribution in [0.3, 0.4) is 0 Å². The Morgan fingerprint density at radius 1 is 1.29 bits per heavy atom. The van der Waals surface area contributed by atoms with Crippen molar-refractivity contribution in [1.29, 1.82) is 0 Å². The number of carbonyl (C=O) groups excluding carboxylic acids is 2. The summed E-state index contributed by atoms with van der Waals surface area (Å²) in [5.41, 5.74) is -1.52. The second-order valence-corrected chi connectivity index (χ2v) is 4.43. The minimum Gasteiger partial charge on any atom is -0.353 e. The fourth-order valence-corrected chi connectivity index (χ4v) is 1.84. The van der Waals surface area contributed by atoms with E-state index in [4.69, 9.17) is 0 Å². The number of carbonyl (C=O) groups is 2. The van der Waals surface area contributed by atoms with Crippen LogP contribution in [0.25, 0.3) is 0 Å². The van der Waals surface area contributed by atoms with E-state index in [1.165, 1.54) is 0 Å². The van der Waals surface area contributed by atoms with Crippen molar-refractivity contribution in [3.05, 3.63) is 29.6 Å². The van der Waals surface area contributed by atoms with Crippen molar-refractivity contribution in [3.63, 3.8) is 0 Å². The van der Waals surface area contributed by atoms with Crippen LogP contribution in [0.4, 0.5) is 28.0 Å². The van der Waals surface area contributed by atoms with Gasteiger partial charge in [0.2, 0.25) is 5.91 Å². The lowest BCUT2D eigenvalue weighted by Crippen LogP contribution is -2.51. The number of hydrogen-bond acceptors (Lipinski definition) is 2. The Hall–Kier alpha value is -2.32. The lowest BCUT2D eigenvalue weighted by atomic mass is 10.2. The van der Waals surface area contributed by atoms with Gasteiger partial charge in [-0.3, -0.25) is 4.79 Å². The monoisotopic (exact) mass is 305 g/mol. The highest BCUT2D eigenvalue weighted by Gasteiger charge is 2.31. The van der Waals surface area contributed by atoms with Crippen LogP contribution in [0.2, 0.25) is 0 Å². The van der Waals surface area contributed by atoms with E-state index in [9.17, 15) is 27.2 Å². The van der Waals surface area contributed by atoms with Gasteiger partial charge in [-0.25, -0.2) is 9.18 Å². The summed E-state index contributed by atoms with van der Waals surface area (Å²) in [4.78, 5) is 24.1. The zero-order chi connectivity index (χ0) is 15.6. The first kappa shape index (κ1) is 15.1. The molecule has 0 aromatic heterocycles. The maximum Gasteiger partial charge on any atom is 0.416 e. The van der Waals surface area contributed by atoms with E-state index in [2.05, 4.69) is 10.6 Å². The van der Waals surface area contributed by atoms with E-state index in [0.717, 1.165) is 11.0 Å². The summed E-state index contributed by atoms with van der Waals surface area (Å²) in [6.45, 7) is 0.273. The minimum atomic E-state index is -4.72. The summed E-state index contributed by atoms with van der Waals surface area (Å²) in [6, 6.07) is 0.982. The third-order valence-corrected chi connectivity index (χ3v) is 2.80. The van der Waals surface area contributed by atoms with Gasteiger partial charge >= 0.3 is 12.2 Å². The molecular formula is C12H11F4N3O2. The molecule has 1 fully saturated rings. The van der Waals surface area contributed by atoms with Gasteiger partial charge in [0.25, 0.3) is 0 Å². The number of alkyl halides is 3. The van der Waals surface area contributed by atoms with Gasteiger partial charge in [-0.05, 0) is 18.2 Å². The number of piperazine rings is 1. The van der Waals surface area contributed by atoms with Crippen LogP contribution < -0.4 is 10.6 Å². The number of hydrogen-bond donors (Lipinski definition) is 2. The van der Waals surface area contributed by atoms with Crippen molar-refractivity contribution in [2.24, 2.45) is 0 Å². The van der Waals surface area contributed by atoms with E-state index in [0.29, 0.717) is 12.1 Å². The molecule has 0 atom stereocenters. The molecule has 114 valence electrons. The summed E-state index contributed by atoms with van der Waals surface area (Å²) < 4.78 is 50.8. The van der Waals surface area contributed by atoms with E-state index in [1.807, 2.05) is 0 Å². The second-order valence-electron chi connectivity index (χ2n) is 4.43. The minimum absolute atomic E-state index is 0.201. The Morgan fingerprint density at radius 3 is 2.62 bits per heavy atom. The number of nitrogens with one attached hydrogen (secondary N) is 2. The lowest BCUT2D eigenvalue weighted by molar-refractivity contribution is -0.137. The smallest absolute Gasteiger partial charge is 0.353 e. The summed E-state index contributed by atoms with van der Waals surface area (Å²) in [6.07, 6.45) is -4.72. The van der Waals surface area contributed by atoms with Crippen LogP contribution >= 0.6 is 0 Å². The lowest BCUT2D eigenvalue weighted by Gasteiger charge is -2.26. The number of benzene rings is 1. The molecule has 1 aliphatic rings. The van der Waals surface area contributed by atoms with Gasteiger partial charge in [0.15, 0.2) is 0 Å². The molecule has 0 aliphatic carbocycles. The maximum absolute atomic E-state index is 13.2. The SMILES string of the molecule is O=C1CN(C(=O)Nc2cc(F)cc(C(F)(F)F)c2)CCN1. The molecule has 0 spiro atoms. The van der Waals surface area contributed by atoms with Crippen LogP contribution in [0.5, 0.6) is 0 Å². The Kier molecular flexibility index (Phi) is 4.01. The molecule has 0 bridgehead atoms. The molecule has 0 radical (unpaired) electrons. The zero-order valence-corrected chi connectivity index (χ0v) is 10.6. The second kappa shape index (κ2) is 5.58. The predicted molar refractivity (Wildman–Crippen MR) is 65.0 cm³/mol. The standard InChI is InChI=1S/C12H11F4N3O2/c13-8-3-7(12(14,15)16)4-9(5-8)18-11(21)19-2-1-17-10(20)6-19/h3-5H,1-2,6H2,(H,17,20)(H,18,21). The van der Waals surface area contributed by atoms with Crippen molar-refractivity contribution < 1.29 is 27.2 Å². The van der Waals surface area contributed by atoms with Gasteiger partial charge in [0.05, 0.1) is 5.56 Å². The molecule has 1 aliphatic heterocycles. The first-order valence-electron chi connectivity index (χ1n) is 5.96. The van der Waals surface area contributed by atoms with Crippen LogP contribution in [0.15, 0.2) is 18.2 Å². The van der Waals surface area contributed by atoms with E-state index >= 15 is 0 Å². The molecule has 1 heterocycles. The average Bonchev–Trinajstić information content (AvgIpc) is 2.37. The first-order valence-corrected chi connectivity index (χ1v) is 5.96. The van der Waals surface area contributed by atoms with Crippen molar-refractivity contribution in [3.8, 4) is 0 Å². The molecular weight excluding hydrogens is 294 g/mol. The van der Waals surface area contributed by atoms with Gasteiger partial charge in [0.1, 0.15) is 12.4 Å². The Balaban J connectivity index is 2.14. The number of urea groups is 1. The third kappa shape index (κ3) is 3.83. The van der Waals surface area contributed by atoms with Crippen molar-refractivity contribution in [1.82, 2.24) is 10.2 Å². The highest BCUT2D eigenvalue weighted by Crippen LogP contribution is 2.31. The predicted octanol–water partition coefficient (Wildman–Crippen LogP) is 1.81. The number of halogens is 4. The van der Waals surface area contributed by atoms with E-state index in [1.54, 1.807) is 0 Å². The zero-order valence-electron chi connectivity index (χ0n) is 10.6. The average molecular weight is 305 g/mol. The van der Waals surface area contributed by atoms with Gasteiger partial charge in [-0.15, -0.1) is 0 Å². The quantitative estimate of drug-likeness (QED) is 0.777. The Labute approximate surface area is 116 Å². The highest BCUT2D eigenvalue weighted by molar-refractivity contribution is 5.93. The normalized spacial score (nSPS) is 15.6. The number of anilines is 1. The molecule has 9 heteroatoms. The van der Waals surface area contributed by atoms with Crippen molar-refractivity contribution in [2.75, 3.05) is 25.0 Å². The third-order valence-electron chi connectivity index (χ3n) is 2.80. The van der Waals surface area contributed by atoms with E-state index < -0.39 is 23.6 Å². The first-order chi connectivity index (χ1) is 9.75. The van der Waals surface area contributed by atoms with E-state index in [-0.39, 0.29) is 31.2 Å². The molecule has 1 saturated heterocycles. The van der Waals surface area contributed by atoms with Crippen LogP contribution in [-0.4, -0.2) is 36.5 Å². The largest absolute Gasteiger partial charge is 0.416 e. The number of amides is 3. The molecule has 2 rings (SSSR count). The molecule has 21 heavy (non-hydrogen) atoms. The molecule has 0 unspecified atom stereocenters. The van der Waals surface area contributed by atoms with Gasteiger partial charge < -0.3 is 15.5 Å². The fraction of sp³-hybridized carbons (Fsp3) is 0.333. The van der Waals surface area contributed by atoms with Crippen molar-refractivity contribution >= 4 is 17.6 Å². The maximum atomic E-state index is 13.2. The molecule has 3 amide bonds. The Bertz CT molecular complexity index is 574. The van der Waals surface area contributed by atoms with Crippen LogP contribution in [-0.2, 0) is 11.0 Å². The molecule has 5 nitrogen and oxygen atoms in total. The van der Waals surface area contributed by atoms with Gasteiger partial charge in [-0.1, -0.05) is 0 Å². The summed E-state index contributed by atoms with van der Waals surface area (Å²) in [7, 11) is 0. The van der Waals surface area contributed by atoms with Crippen LogP contribution in [0, 0.1) is 5.82 Å². The Morgan fingerprint density at radius 2 is 2.00 bits per heavy atom. The number of nitrogens with zero attached hydrogens (tertiary/aromatic N) is 1. The summed E-state index contributed by atoms with van der Waals surface area (Å²) in [5.74, 6) is -1.48. The number of rotatable bonds is 1. The molecule has 1 aromatic carbocycles. The molecule has 1 aromatic rings. The van der Waals surface area contributed by atoms with Crippen molar-refractivity contribution in [2.45, 2.75) is 6.18 Å².